The van der Waals surface area contributed by atoms with Crippen LogP contribution in [0.5, 0.6) is 0 Å². The molecule has 1 fully saturated rings. The van der Waals surface area contributed by atoms with Crippen LogP contribution in [0.2, 0.25) is 0 Å². The molecule has 178 valence electrons. The van der Waals surface area contributed by atoms with Crippen LogP contribution in [-0.2, 0) is 23.8 Å². The second kappa shape index (κ2) is 10.2. The number of methoxy groups -OCH3 is 1. The molecule has 0 spiro atoms. The van der Waals surface area contributed by atoms with Gasteiger partial charge in [0.1, 0.15) is 29.3 Å². The second-order valence-electron chi connectivity index (χ2n) is 8.98. The van der Waals surface area contributed by atoms with Gasteiger partial charge in [-0.1, -0.05) is 53.7 Å². The first-order valence-corrected chi connectivity index (χ1v) is 12.0. The molecule has 8 nitrogen and oxygen atoms in total. The van der Waals surface area contributed by atoms with Crippen molar-refractivity contribution in [2.24, 2.45) is 0 Å². The number of ether oxygens (including phenoxy) is 2. The average Bonchev–Trinajstić information content (AvgIpc) is 2.70. The van der Waals surface area contributed by atoms with E-state index in [9.17, 15) is 23.7 Å². The van der Waals surface area contributed by atoms with Crippen LogP contribution in [0.3, 0.4) is 0 Å². The molecule has 0 aliphatic carbocycles. The summed E-state index contributed by atoms with van der Waals surface area (Å²) < 4.78 is 42.3. The van der Waals surface area contributed by atoms with Crippen molar-refractivity contribution >= 4 is 10.1 Å². The lowest BCUT2D eigenvalue weighted by molar-refractivity contribution is -0.293. The molecule has 1 aromatic rings. The molecule has 3 N–H and O–H groups in total. The van der Waals surface area contributed by atoms with Gasteiger partial charge < -0.3 is 24.8 Å². The number of hydrogen-bond donors (Lipinski definition) is 3. The molecule has 1 aliphatic rings. The third-order valence-corrected chi connectivity index (χ3v) is 7.04. The largest absolute Gasteiger partial charge is 0.387 e. The van der Waals surface area contributed by atoms with Gasteiger partial charge in [0.15, 0.2) is 6.29 Å². The summed E-state index contributed by atoms with van der Waals surface area (Å²) in [4.78, 5) is 0.135. The second-order valence-corrected chi connectivity index (χ2v) is 10.5. The molecule has 0 amide bonds. The van der Waals surface area contributed by atoms with Gasteiger partial charge in [-0.05, 0) is 34.4 Å². The summed E-state index contributed by atoms with van der Waals surface area (Å²) in [7, 11) is -2.94. The Hall–Kier alpha value is -1.07. The topological polar surface area (TPSA) is 123 Å². The minimum Gasteiger partial charge on any atom is -0.387 e. The molecular formula is C22H36O8S. The summed E-state index contributed by atoms with van der Waals surface area (Å²) in [6.45, 7) is 11.3. The van der Waals surface area contributed by atoms with Crippen molar-refractivity contribution in [1.29, 1.82) is 0 Å². The molecule has 5 atom stereocenters. The van der Waals surface area contributed by atoms with Crippen molar-refractivity contribution in [3.8, 4) is 0 Å². The van der Waals surface area contributed by atoms with E-state index in [0.29, 0.717) is 11.1 Å². The summed E-state index contributed by atoms with van der Waals surface area (Å²) in [6, 6.07) is 3.81. The predicted molar refractivity (Wildman–Crippen MR) is 116 cm³/mol. The van der Waals surface area contributed by atoms with E-state index in [-0.39, 0.29) is 22.6 Å². The molecule has 9 heteroatoms. The van der Waals surface area contributed by atoms with E-state index in [1.54, 1.807) is 0 Å². The maximum absolute atomic E-state index is 13.3. The highest BCUT2D eigenvalue weighted by molar-refractivity contribution is 7.86. The van der Waals surface area contributed by atoms with Crippen LogP contribution >= 0.6 is 0 Å². The Bertz CT molecular complexity index is 818. The van der Waals surface area contributed by atoms with E-state index < -0.39 is 47.4 Å². The highest BCUT2D eigenvalue weighted by Gasteiger charge is 2.44. The van der Waals surface area contributed by atoms with E-state index in [2.05, 4.69) is 13.8 Å². The van der Waals surface area contributed by atoms with Gasteiger partial charge in [-0.2, -0.15) is 8.42 Å². The first kappa shape index (κ1) is 26.2. The van der Waals surface area contributed by atoms with Crippen LogP contribution < -0.4 is 0 Å². The summed E-state index contributed by atoms with van der Waals surface area (Å²) in [5.74, 6) is 0.115. The maximum atomic E-state index is 13.3. The van der Waals surface area contributed by atoms with Crippen LogP contribution in [0.15, 0.2) is 17.0 Å². The zero-order valence-electron chi connectivity index (χ0n) is 19.3. The number of benzene rings is 1. The van der Waals surface area contributed by atoms with Crippen molar-refractivity contribution in [1.82, 2.24) is 0 Å². The van der Waals surface area contributed by atoms with Gasteiger partial charge in [0.25, 0.3) is 10.1 Å². The molecule has 1 aromatic carbocycles. The van der Waals surface area contributed by atoms with Gasteiger partial charge in [-0.3, -0.25) is 4.18 Å². The van der Waals surface area contributed by atoms with Crippen molar-refractivity contribution in [2.45, 2.75) is 94.9 Å². The Kier molecular flexibility index (Phi) is 8.66. The third kappa shape index (κ3) is 5.65. The van der Waals surface area contributed by atoms with E-state index in [4.69, 9.17) is 13.7 Å². The Morgan fingerprint density at radius 1 is 0.903 bits per heavy atom. The van der Waals surface area contributed by atoms with Crippen LogP contribution in [0, 0.1) is 0 Å². The predicted octanol–water partition coefficient (Wildman–Crippen LogP) is 2.22. The molecule has 0 radical (unpaired) electrons. The Labute approximate surface area is 185 Å². The fourth-order valence-electron chi connectivity index (χ4n) is 3.64. The van der Waals surface area contributed by atoms with Gasteiger partial charge >= 0.3 is 0 Å². The van der Waals surface area contributed by atoms with Crippen LogP contribution in [-0.4, -0.2) is 68.2 Å². The highest BCUT2D eigenvalue weighted by Crippen LogP contribution is 2.36. The monoisotopic (exact) mass is 460 g/mol. The molecule has 2 rings (SSSR count). The van der Waals surface area contributed by atoms with Crippen LogP contribution in [0.25, 0.3) is 0 Å². The SMILES string of the molecule is CO[C@H]1O[C@H](COS(=O)(=O)c2c(C(C)C)cc(C(C)C)cc2C(C)C)[C@@H](O)[C@H](O)[C@H]1O. The molecule has 1 saturated heterocycles. The van der Waals surface area contributed by atoms with E-state index in [1.807, 2.05) is 39.8 Å². The molecule has 1 aliphatic heterocycles. The summed E-state index contributed by atoms with van der Waals surface area (Å²) >= 11 is 0. The average molecular weight is 461 g/mol. The van der Waals surface area contributed by atoms with Gasteiger partial charge in [0, 0.05) is 7.11 Å². The molecule has 31 heavy (non-hydrogen) atoms. The molecule has 0 unspecified atom stereocenters. The van der Waals surface area contributed by atoms with E-state index in [1.165, 1.54) is 7.11 Å². The zero-order chi connectivity index (χ0) is 23.7. The highest BCUT2D eigenvalue weighted by atomic mass is 32.2. The minimum absolute atomic E-state index is 0.0593. The molecule has 0 saturated carbocycles. The Morgan fingerprint density at radius 2 is 1.42 bits per heavy atom. The lowest BCUT2D eigenvalue weighted by Crippen LogP contribution is -2.59. The lowest BCUT2D eigenvalue weighted by Gasteiger charge is -2.39. The quantitative estimate of drug-likeness (QED) is 0.505. The maximum Gasteiger partial charge on any atom is 0.297 e. The van der Waals surface area contributed by atoms with Gasteiger partial charge in [-0.15, -0.1) is 0 Å². The third-order valence-electron chi connectivity index (χ3n) is 5.62. The van der Waals surface area contributed by atoms with Crippen molar-refractivity contribution in [2.75, 3.05) is 13.7 Å². The summed E-state index contributed by atoms with van der Waals surface area (Å²) in [6.07, 6.45) is -6.96. The lowest BCUT2D eigenvalue weighted by atomic mass is 9.89. The minimum atomic E-state index is -4.21. The number of rotatable bonds is 8. The van der Waals surface area contributed by atoms with E-state index in [0.717, 1.165) is 5.56 Å². The molecule has 1 heterocycles. The Balaban J connectivity index is 2.41. The number of hydrogen-bond acceptors (Lipinski definition) is 8. The van der Waals surface area contributed by atoms with Gasteiger partial charge in [-0.25, -0.2) is 0 Å². The summed E-state index contributed by atoms with van der Waals surface area (Å²) in [5.41, 5.74) is 2.40. The molecule has 0 aromatic heterocycles. The molecular weight excluding hydrogens is 424 g/mol. The fourth-order valence-corrected chi connectivity index (χ4v) is 5.24. The van der Waals surface area contributed by atoms with E-state index >= 15 is 0 Å². The van der Waals surface area contributed by atoms with Crippen LogP contribution in [0.4, 0.5) is 0 Å². The van der Waals surface area contributed by atoms with Crippen molar-refractivity contribution in [3.63, 3.8) is 0 Å². The Morgan fingerprint density at radius 3 is 1.84 bits per heavy atom. The first-order valence-electron chi connectivity index (χ1n) is 10.6. The fraction of sp³-hybridized carbons (Fsp3) is 0.727. The van der Waals surface area contributed by atoms with Gasteiger partial charge in [0.05, 0.1) is 6.61 Å². The van der Waals surface area contributed by atoms with Crippen molar-refractivity contribution < 1.29 is 37.4 Å². The van der Waals surface area contributed by atoms with Crippen LogP contribution in [0.1, 0.15) is 76.0 Å². The zero-order valence-corrected chi connectivity index (χ0v) is 20.1. The van der Waals surface area contributed by atoms with Crippen molar-refractivity contribution in [3.05, 3.63) is 28.8 Å². The number of aliphatic hydroxyl groups is 3. The normalized spacial score (nSPS) is 27.5. The smallest absolute Gasteiger partial charge is 0.297 e. The summed E-state index contributed by atoms with van der Waals surface area (Å²) in [5, 5.41) is 30.1. The molecule has 0 bridgehead atoms. The van der Waals surface area contributed by atoms with Gasteiger partial charge in [0.2, 0.25) is 0 Å². The first-order chi connectivity index (χ1) is 14.3. The standard InChI is InChI=1S/C22H36O8S/c1-11(2)14-8-15(12(3)4)21(16(9-14)13(5)6)31(26,27)29-10-17-18(23)19(24)20(25)22(28-7)30-17/h8-9,11-13,17-20,22-25H,10H2,1-7H3/t17-,18-,19+,20-,22+/m1/s1. The number of aliphatic hydroxyl groups excluding tert-OH is 3.